The van der Waals surface area contributed by atoms with Gasteiger partial charge in [0.15, 0.2) is 0 Å². The minimum atomic E-state index is 0.357. The molecule has 1 fully saturated rings. The van der Waals surface area contributed by atoms with Crippen LogP contribution in [-0.4, -0.2) is 18.5 Å². The van der Waals surface area contributed by atoms with Crippen molar-refractivity contribution in [1.82, 2.24) is 0 Å². The largest absolute Gasteiger partial charge is 0.378 e. The zero-order chi connectivity index (χ0) is 12.5. The summed E-state index contributed by atoms with van der Waals surface area (Å²) in [4.78, 5) is 11.7. The Morgan fingerprint density at radius 1 is 1.35 bits per heavy atom. The number of carbonyl (C=O) groups is 1. The van der Waals surface area contributed by atoms with E-state index >= 15 is 0 Å². The smallest absolute Gasteiger partial charge is 0.133 e. The first-order chi connectivity index (χ1) is 8.22. The molecule has 98 valence electrons. The topological polar surface area (TPSA) is 26.3 Å². The second-order valence-corrected chi connectivity index (χ2v) is 5.05. The van der Waals surface area contributed by atoms with Gasteiger partial charge in [-0.25, -0.2) is 0 Å². The molecule has 0 saturated carbocycles. The minimum Gasteiger partial charge on any atom is -0.378 e. The van der Waals surface area contributed by atoms with E-state index in [-0.39, 0.29) is 0 Å². The van der Waals surface area contributed by atoms with Gasteiger partial charge in [0, 0.05) is 19.4 Å². The molecule has 0 radical (unpaired) electrons. The van der Waals surface area contributed by atoms with Gasteiger partial charge in [-0.3, -0.25) is 4.79 Å². The molecule has 1 unspecified atom stereocenters. The van der Waals surface area contributed by atoms with E-state index in [0.717, 1.165) is 38.7 Å². The molecule has 1 saturated heterocycles. The zero-order valence-electron chi connectivity index (χ0n) is 11.3. The molecule has 0 aromatic carbocycles. The van der Waals surface area contributed by atoms with Gasteiger partial charge in [-0.05, 0) is 39.0 Å². The number of Topliss-reactive ketones (excluding diaryl/α,β-unsaturated/α-hetero) is 1. The first-order valence-corrected chi connectivity index (χ1v) is 7.01. The number of carbonyl (C=O) groups excluding carboxylic acids is 1. The predicted molar refractivity (Wildman–Crippen MR) is 71.1 cm³/mol. The van der Waals surface area contributed by atoms with Crippen LogP contribution in [0.25, 0.3) is 0 Å². The van der Waals surface area contributed by atoms with Crippen LogP contribution in [0.15, 0.2) is 11.6 Å². The molecule has 2 heteroatoms. The van der Waals surface area contributed by atoms with E-state index in [0.29, 0.717) is 24.7 Å². The van der Waals surface area contributed by atoms with Gasteiger partial charge < -0.3 is 4.74 Å². The number of hydrogen-bond acceptors (Lipinski definition) is 2. The van der Waals surface area contributed by atoms with E-state index in [4.69, 9.17) is 4.74 Å². The third-order valence-electron chi connectivity index (χ3n) is 3.35. The van der Waals surface area contributed by atoms with Crippen LogP contribution in [0.1, 0.15) is 65.2 Å². The van der Waals surface area contributed by atoms with Gasteiger partial charge >= 0.3 is 0 Å². The number of hydrogen-bond donors (Lipinski definition) is 0. The second kappa shape index (κ2) is 8.46. The van der Waals surface area contributed by atoms with Gasteiger partial charge in [0.1, 0.15) is 5.78 Å². The Bertz CT molecular complexity index is 250. The summed E-state index contributed by atoms with van der Waals surface area (Å²) in [6.45, 7) is 5.19. The fourth-order valence-electron chi connectivity index (χ4n) is 2.15. The number of unbranched alkanes of at least 4 members (excludes halogenated alkanes) is 1. The number of rotatable bonds is 8. The molecule has 2 nitrogen and oxygen atoms in total. The summed E-state index contributed by atoms with van der Waals surface area (Å²) in [5.41, 5.74) is 1.36. The van der Waals surface area contributed by atoms with Gasteiger partial charge in [0.25, 0.3) is 0 Å². The lowest BCUT2D eigenvalue weighted by molar-refractivity contribution is -0.119. The Labute approximate surface area is 105 Å². The molecule has 0 aromatic heterocycles. The summed E-state index contributed by atoms with van der Waals surface area (Å²) in [5.74, 6) is 0.393. The van der Waals surface area contributed by atoms with E-state index in [1.54, 1.807) is 0 Å². The third kappa shape index (κ3) is 6.62. The van der Waals surface area contributed by atoms with Crippen molar-refractivity contribution in [2.24, 2.45) is 0 Å². The van der Waals surface area contributed by atoms with Crippen molar-refractivity contribution in [2.45, 2.75) is 71.3 Å². The van der Waals surface area contributed by atoms with E-state index in [1.165, 1.54) is 12.0 Å². The maximum Gasteiger partial charge on any atom is 0.133 e. The van der Waals surface area contributed by atoms with Crippen LogP contribution in [0.4, 0.5) is 0 Å². The molecule has 0 aromatic rings. The van der Waals surface area contributed by atoms with Crippen LogP contribution in [0.2, 0.25) is 0 Å². The number of allylic oxidation sites excluding steroid dienone is 2. The van der Waals surface area contributed by atoms with Gasteiger partial charge in [-0.15, -0.1) is 0 Å². The monoisotopic (exact) mass is 238 g/mol. The van der Waals surface area contributed by atoms with Gasteiger partial charge in [0.2, 0.25) is 0 Å². The van der Waals surface area contributed by atoms with E-state index in [1.807, 2.05) is 0 Å². The lowest BCUT2D eigenvalue weighted by Crippen LogP contribution is -2.08. The van der Waals surface area contributed by atoms with E-state index in [2.05, 4.69) is 19.9 Å². The van der Waals surface area contributed by atoms with Crippen molar-refractivity contribution in [1.29, 1.82) is 0 Å². The molecule has 0 spiro atoms. The highest BCUT2D eigenvalue weighted by molar-refractivity contribution is 5.78. The maximum atomic E-state index is 11.7. The molecular formula is C15H26O2. The lowest BCUT2D eigenvalue weighted by atomic mass is 10.0. The van der Waals surface area contributed by atoms with Gasteiger partial charge in [-0.1, -0.05) is 25.0 Å². The average molecular weight is 238 g/mol. The highest BCUT2D eigenvalue weighted by Gasteiger charge is 2.16. The Balaban J connectivity index is 2.07. The Kier molecular flexibility index (Phi) is 7.18. The second-order valence-electron chi connectivity index (χ2n) is 5.05. The summed E-state index contributed by atoms with van der Waals surface area (Å²) in [6, 6.07) is 0. The third-order valence-corrected chi connectivity index (χ3v) is 3.35. The molecule has 0 aliphatic carbocycles. The quantitative estimate of drug-likeness (QED) is 0.596. The minimum absolute atomic E-state index is 0.357. The highest BCUT2D eigenvalue weighted by Crippen LogP contribution is 2.18. The summed E-state index contributed by atoms with van der Waals surface area (Å²) >= 11 is 0. The zero-order valence-corrected chi connectivity index (χ0v) is 11.3. The molecule has 1 aliphatic heterocycles. The van der Waals surface area contributed by atoms with Crippen molar-refractivity contribution in [3.63, 3.8) is 0 Å². The molecule has 1 heterocycles. The maximum absolute atomic E-state index is 11.7. The fourth-order valence-corrected chi connectivity index (χ4v) is 2.15. The number of ether oxygens (including phenoxy) is 1. The molecular weight excluding hydrogens is 212 g/mol. The lowest BCUT2D eigenvalue weighted by Gasteiger charge is -2.08. The van der Waals surface area contributed by atoms with Crippen molar-refractivity contribution < 1.29 is 9.53 Å². The fraction of sp³-hybridized carbons (Fsp3) is 0.800. The summed E-state index contributed by atoms with van der Waals surface area (Å²) < 4.78 is 5.52. The molecule has 0 N–H and O–H groups in total. The summed E-state index contributed by atoms with van der Waals surface area (Å²) in [5, 5.41) is 0. The molecule has 1 atom stereocenters. The molecule has 0 amide bonds. The first kappa shape index (κ1) is 14.4. The Morgan fingerprint density at radius 2 is 2.18 bits per heavy atom. The van der Waals surface area contributed by atoms with Crippen LogP contribution in [0.5, 0.6) is 0 Å². The molecule has 0 bridgehead atoms. The SMILES string of the molecule is CCC/C=C(\C)CCC(=O)CCC1CCCO1. The Morgan fingerprint density at radius 3 is 2.82 bits per heavy atom. The normalized spacial score (nSPS) is 20.8. The van der Waals surface area contributed by atoms with Crippen molar-refractivity contribution in [3.8, 4) is 0 Å². The van der Waals surface area contributed by atoms with Gasteiger partial charge in [-0.2, -0.15) is 0 Å². The summed E-state index contributed by atoms with van der Waals surface area (Å²) in [7, 11) is 0. The van der Waals surface area contributed by atoms with Crippen LogP contribution < -0.4 is 0 Å². The predicted octanol–water partition coefficient (Wildman–Crippen LogP) is 4.04. The highest BCUT2D eigenvalue weighted by atomic mass is 16.5. The van der Waals surface area contributed by atoms with Crippen LogP contribution in [-0.2, 0) is 9.53 Å². The molecule has 17 heavy (non-hydrogen) atoms. The molecule has 1 aliphatic rings. The first-order valence-electron chi connectivity index (χ1n) is 7.01. The van der Waals surface area contributed by atoms with Crippen molar-refractivity contribution >= 4 is 5.78 Å². The standard InChI is InChI=1S/C15H26O2/c1-3-4-6-13(2)8-9-14(16)10-11-15-7-5-12-17-15/h6,15H,3-5,7-12H2,1-2H3/b13-6+. The Hall–Kier alpha value is -0.630. The van der Waals surface area contributed by atoms with Crippen LogP contribution >= 0.6 is 0 Å². The van der Waals surface area contributed by atoms with E-state index < -0.39 is 0 Å². The van der Waals surface area contributed by atoms with E-state index in [9.17, 15) is 4.79 Å². The summed E-state index contributed by atoms with van der Waals surface area (Å²) in [6.07, 6.45) is 10.5. The van der Waals surface area contributed by atoms with Crippen LogP contribution in [0, 0.1) is 0 Å². The van der Waals surface area contributed by atoms with Crippen molar-refractivity contribution in [2.75, 3.05) is 6.61 Å². The van der Waals surface area contributed by atoms with Gasteiger partial charge in [0.05, 0.1) is 6.10 Å². The average Bonchev–Trinajstić information content (AvgIpc) is 2.84. The number of ketones is 1. The molecule has 1 rings (SSSR count). The van der Waals surface area contributed by atoms with Crippen molar-refractivity contribution in [3.05, 3.63) is 11.6 Å². The van der Waals surface area contributed by atoms with Crippen LogP contribution in [0.3, 0.4) is 0 Å².